The number of nitrogens with one attached hydrogen (secondary N) is 1. The summed E-state index contributed by atoms with van der Waals surface area (Å²) in [6.45, 7) is 6.09. The van der Waals surface area contributed by atoms with E-state index in [-0.39, 0.29) is 12.8 Å². The average Bonchev–Trinajstić information content (AvgIpc) is 3.05. The number of carboxylic acid groups (broad SMARTS) is 1. The molecule has 0 bridgehead atoms. The number of aliphatic carboxylic acids is 1. The van der Waals surface area contributed by atoms with Crippen LogP contribution < -0.4 is 4.74 Å². The number of aromatic amines is 1. The molecule has 2 N–H and O–H groups in total. The Bertz CT molecular complexity index is 1090. The Kier molecular flexibility index (Phi) is 7.28. The van der Waals surface area contributed by atoms with E-state index in [2.05, 4.69) is 48.2 Å². The van der Waals surface area contributed by atoms with Gasteiger partial charge in [-0.05, 0) is 40.9 Å². The van der Waals surface area contributed by atoms with Gasteiger partial charge in [0.05, 0.1) is 6.21 Å². The molecule has 0 saturated carbocycles. The largest absolute Gasteiger partial charge is 0.482 e. The Morgan fingerprint density at radius 1 is 1.27 bits per heavy atom. The molecule has 2 aromatic carbocycles. The van der Waals surface area contributed by atoms with Crippen LogP contribution in [0, 0.1) is 4.77 Å². The maximum atomic E-state index is 10.6. The summed E-state index contributed by atoms with van der Waals surface area (Å²) in [4.78, 5) is 10.6. The van der Waals surface area contributed by atoms with Gasteiger partial charge >= 0.3 is 5.97 Å². The number of benzene rings is 2. The van der Waals surface area contributed by atoms with E-state index in [1.807, 2.05) is 18.2 Å². The molecular formula is C22H26N4O3S. The number of carboxylic acids is 1. The summed E-state index contributed by atoms with van der Waals surface area (Å²) in [5.74, 6) is 0.0195. The highest BCUT2D eigenvalue weighted by molar-refractivity contribution is 7.71. The lowest BCUT2D eigenvalue weighted by Gasteiger charge is -2.18. The van der Waals surface area contributed by atoms with Crippen LogP contribution >= 0.6 is 12.2 Å². The zero-order chi connectivity index (χ0) is 21.0. The average molecular weight is 427 g/mol. The van der Waals surface area contributed by atoms with Crippen LogP contribution in [0.4, 0.5) is 0 Å². The van der Waals surface area contributed by atoms with E-state index in [0.29, 0.717) is 16.3 Å². The summed E-state index contributed by atoms with van der Waals surface area (Å²) < 4.78 is 7.11. The normalized spacial score (nSPS) is 11.3. The van der Waals surface area contributed by atoms with Crippen LogP contribution in [0.3, 0.4) is 0 Å². The summed E-state index contributed by atoms with van der Waals surface area (Å²) in [5.41, 5.74) is 2.92. The van der Waals surface area contributed by atoms with Gasteiger partial charge in [-0.1, -0.05) is 64.6 Å². The van der Waals surface area contributed by atoms with Gasteiger partial charge in [0.25, 0.3) is 0 Å². The van der Waals surface area contributed by atoms with Crippen molar-refractivity contribution in [2.45, 2.75) is 33.6 Å². The number of aromatic nitrogens is 3. The van der Waals surface area contributed by atoms with Crippen LogP contribution in [0.5, 0.6) is 5.75 Å². The van der Waals surface area contributed by atoms with Crippen LogP contribution in [0.2, 0.25) is 0 Å². The molecule has 0 fully saturated rings. The van der Waals surface area contributed by atoms with Crippen LogP contribution in [0.15, 0.2) is 53.6 Å². The highest BCUT2D eigenvalue weighted by Gasteiger charge is 2.14. The molecule has 0 unspecified atom stereocenters. The molecule has 7 nitrogen and oxygen atoms in total. The molecule has 0 spiro atoms. The second-order valence-corrected chi connectivity index (χ2v) is 7.88. The molecule has 1 heterocycles. The second-order valence-electron chi connectivity index (χ2n) is 7.49. The van der Waals surface area contributed by atoms with E-state index in [1.165, 1.54) is 5.56 Å². The van der Waals surface area contributed by atoms with E-state index in [0.717, 1.165) is 11.1 Å². The molecule has 0 amide bonds. The third-order valence-electron chi connectivity index (χ3n) is 4.20. The van der Waals surface area contributed by atoms with Crippen molar-refractivity contribution in [3.8, 4) is 17.1 Å². The molecule has 0 atom stereocenters. The molecular weight excluding hydrogens is 400 g/mol. The predicted molar refractivity (Wildman–Crippen MR) is 121 cm³/mol. The summed E-state index contributed by atoms with van der Waals surface area (Å²) in [5, 5.41) is 20.2. The number of ether oxygens (including phenoxy) is 1. The molecule has 1 aromatic heterocycles. The first-order chi connectivity index (χ1) is 13.7. The zero-order valence-electron chi connectivity index (χ0n) is 16.4. The number of rotatable bonds is 6. The van der Waals surface area contributed by atoms with E-state index in [4.69, 9.17) is 22.1 Å². The van der Waals surface area contributed by atoms with Gasteiger partial charge in [0.2, 0.25) is 4.77 Å². The highest BCUT2D eigenvalue weighted by atomic mass is 32.1. The molecule has 3 rings (SSSR count). The minimum Gasteiger partial charge on any atom is -0.482 e. The summed E-state index contributed by atoms with van der Waals surface area (Å²) >= 11 is 5.31. The summed E-state index contributed by atoms with van der Waals surface area (Å²) in [7, 11) is 0. The predicted octanol–water partition coefficient (Wildman–Crippen LogP) is 4.89. The quantitative estimate of drug-likeness (QED) is 0.433. The Morgan fingerprint density at radius 3 is 2.60 bits per heavy atom. The van der Waals surface area contributed by atoms with Crippen molar-refractivity contribution in [2.24, 2.45) is 5.10 Å². The third kappa shape index (κ3) is 5.64. The number of hydrogen-bond donors (Lipinski definition) is 2. The first kappa shape index (κ1) is 23.0. The monoisotopic (exact) mass is 426 g/mol. The maximum Gasteiger partial charge on any atom is 0.341 e. The fraction of sp³-hybridized carbons (Fsp3) is 0.273. The van der Waals surface area contributed by atoms with Crippen molar-refractivity contribution in [3.05, 3.63) is 64.4 Å². The van der Waals surface area contributed by atoms with Crippen molar-refractivity contribution in [1.29, 1.82) is 0 Å². The molecule has 0 aliphatic heterocycles. The minimum atomic E-state index is -1.03. The van der Waals surface area contributed by atoms with E-state index < -0.39 is 12.6 Å². The molecule has 0 saturated heterocycles. The molecule has 0 aliphatic rings. The lowest BCUT2D eigenvalue weighted by molar-refractivity contribution is -0.139. The molecule has 3 aromatic rings. The van der Waals surface area contributed by atoms with Gasteiger partial charge in [-0.15, -0.1) is 0 Å². The van der Waals surface area contributed by atoms with Gasteiger partial charge in [0, 0.05) is 5.56 Å². The summed E-state index contributed by atoms with van der Waals surface area (Å²) in [6.07, 6.45) is 1.62. The first-order valence-corrected chi connectivity index (χ1v) is 9.42. The van der Waals surface area contributed by atoms with Crippen LogP contribution in [-0.2, 0) is 10.2 Å². The van der Waals surface area contributed by atoms with Crippen molar-refractivity contribution in [3.63, 3.8) is 0 Å². The lowest BCUT2D eigenvalue weighted by atomic mass is 9.87. The Balaban J connectivity index is 0.00000320. The second kappa shape index (κ2) is 9.49. The maximum absolute atomic E-state index is 10.6. The lowest BCUT2D eigenvalue weighted by Crippen LogP contribution is -2.10. The van der Waals surface area contributed by atoms with E-state index >= 15 is 0 Å². The van der Waals surface area contributed by atoms with Crippen LogP contribution in [0.25, 0.3) is 11.4 Å². The fourth-order valence-electron chi connectivity index (χ4n) is 2.66. The molecule has 8 heteroatoms. The van der Waals surface area contributed by atoms with Gasteiger partial charge in [-0.2, -0.15) is 14.9 Å². The smallest absolute Gasteiger partial charge is 0.341 e. The number of nitrogens with zero attached hydrogens (tertiary/aromatic N) is 3. The van der Waals surface area contributed by atoms with Gasteiger partial charge in [0.1, 0.15) is 5.75 Å². The first-order valence-electron chi connectivity index (χ1n) is 9.01. The van der Waals surface area contributed by atoms with Crippen LogP contribution in [-0.4, -0.2) is 38.8 Å². The Morgan fingerprint density at radius 2 is 1.97 bits per heavy atom. The van der Waals surface area contributed by atoms with E-state index in [9.17, 15) is 4.79 Å². The Hall–Kier alpha value is -3.26. The van der Waals surface area contributed by atoms with Gasteiger partial charge in [0.15, 0.2) is 12.4 Å². The van der Waals surface area contributed by atoms with Crippen molar-refractivity contribution >= 4 is 24.4 Å². The van der Waals surface area contributed by atoms with Crippen LogP contribution in [0.1, 0.15) is 39.3 Å². The topological polar surface area (TPSA) is 92.5 Å². The number of H-pyrrole nitrogens is 1. The standard InChI is InChI=1S/C21H22N4O3S.CH4/c1-21(2,3)16-9-7-15(8-10-16)19-23-24-20(29)25(19)22-12-14-5-4-6-17(11-14)28-13-18(26)27;/h4-12H,13H2,1-3H3,(H,24,29)(H,26,27);1H4/b22-12+;. The Labute approximate surface area is 181 Å². The number of carbonyl (C=O) groups is 1. The summed E-state index contributed by atoms with van der Waals surface area (Å²) in [6, 6.07) is 15.1. The van der Waals surface area contributed by atoms with E-state index in [1.54, 1.807) is 29.1 Å². The van der Waals surface area contributed by atoms with Gasteiger partial charge in [-0.25, -0.2) is 9.89 Å². The SMILES string of the molecule is C.CC(C)(C)c1ccc(-c2n[nH]c(=S)n2/N=C/c2cccc(OCC(=O)O)c2)cc1. The van der Waals surface area contributed by atoms with Crippen molar-refractivity contribution in [2.75, 3.05) is 6.61 Å². The molecule has 0 radical (unpaired) electrons. The highest BCUT2D eigenvalue weighted by Crippen LogP contribution is 2.25. The van der Waals surface area contributed by atoms with Gasteiger partial charge in [-0.3, -0.25) is 0 Å². The van der Waals surface area contributed by atoms with Crippen molar-refractivity contribution < 1.29 is 14.6 Å². The molecule has 0 aliphatic carbocycles. The molecule has 30 heavy (non-hydrogen) atoms. The third-order valence-corrected chi connectivity index (χ3v) is 4.47. The van der Waals surface area contributed by atoms with Crippen molar-refractivity contribution in [1.82, 2.24) is 14.9 Å². The zero-order valence-corrected chi connectivity index (χ0v) is 17.2. The fourth-order valence-corrected chi connectivity index (χ4v) is 2.84. The van der Waals surface area contributed by atoms with Gasteiger partial charge < -0.3 is 9.84 Å². The molecule has 158 valence electrons. The number of hydrogen-bond acceptors (Lipinski definition) is 5. The minimum absolute atomic E-state index is 0.